The number of benzene rings is 12. The molecule has 4 N–H and O–H groups in total. The van der Waals surface area contributed by atoms with E-state index in [1.54, 1.807) is 12.1 Å². The number of Topliss-reactive ketones (excluding diaryl/α,β-unsaturated/α-hetero) is 2. The Labute approximate surface area is 837 Å². The lowest BCUT2D eigenvalue weighted by molar-refractivity contribution is -0.124. The number of aliphatic hydroxyl groups excluding tert-OH is 2. The molecule has 0 amide bonds. The van der Waals surface area contributed by atoms with Crippen molar-refractivity contribution < 1.29 is 62.0 Å². The summed E-state index contributed by atoms with van der Waals surface area (Å²) < 4.78 is 40.9. The molecule has 0 saturated heterocycles. The van der Waals surface area contributed by atoms with Gasteiger partial charge in [0.25, 0.3) is 0 Å². The number of anilines is 2. The summed E-state index contributed by atoms with van der Waals surface area (Å²) >= 11 is 0. The molecule has 1 saturated carbocycles. The predicted molar refractivity (Wildman–Crippen MR) is 574 cm³/mol. The van der Waals surface area contributed by atoms with E-state index in [1.165, 1.54) is 86.3 Å². The van der Waals surface area contributed by atoms with E-state index < -0.39 is 20.1 Å². The lowest BCUT2D eigenvalue weighted by atomic mass is 9.73. The lowest BCUT2D eigenvalue weighted by Gasteiger charge is -2.32. The van der Waals surface area contributed by atoms with E-state index in [-0.39, 0.29) is 91.2 Å². The molecule has 0 radical (unpaired) electrons. The molecule has 1 aliphatic heterocycles. The van der Waals surface area contributed by atoms with Crippen LogP contribution in [0.4, 0.5) is 11.4 Å². The van der Waals surface area contributed by atoms with Crippen molar-refractivity contribution in [1.29, 1.82) is 0 Å². The second kappa shape index (κ2) is 41.2. The number of fused-ring (bicyclic) bond motifs is 9. The second-order valence-corrected chi connectivity index (χ2v) is 38.1. The van der Waals surface area contributed by atoms with Gasteiger partial charge in [-0.05, 0) is 255 Å². The van der Waals surface area contributed by atoms with Crippen LogP contribution >= 0.6 is 8.25 Å². The van der Waals surface area contributed by atoms with E-state index in [1.807, 2.05) is 179 Å². The van der Waals surface area contributed by atoms with Crippen molar-refractivity contribution in [2.75, 3.05) is 36.0 Å². The summed E-state index contributed by atoms with van der Waals surface area (Å²) in [7, 11) is -2.32. The minimum Gasteiger partial charge on any atom is -0.508 e. The Hall–Kier alpha value is -16.8. The zero-order valence-electron chi connectivity index (χ0n) is 81.8. The first-order valence-electron chi connectivity index (χ1n) is 48.7. The van der Waals surface area contributed by atoms with Gasteiger partial charge in [0.1, 0.15) is 51.9 Å². The third-order valence-electron chi connectivity index (χ3n) is 27.7. The van der Waals surface area contributed by atoms with Crippen LogP contribution < -0.4 is 25.2 Å². The van der Waals surface area contributed by atoms with Crippen molar-refractivity contribution in [2.45, 2.75) is 113 Å². The second-order valence-electron chi connectivity index (χ2n) is 37.3. The maximum Gasteiger partial charge on any atom is 0.805 e. The number of allylic oxidation sites excluding steroid dienone is 13. The van der Waals surface area contributed by atoms with Gasteiger partial charge in [-0.2, -0.15) is 0 Å². The number of carbonyl (C=O) groups excluding carboxylic acids is 3. The topological polar surface area (TPSA) is 244 Å². The van der Waals surface area contributed by atoms with Crippen molar-refractivity contribution in [3.05, 3.63) is 516 Å². The number of aliphatic hydroxyl groups is 2. The fraction of sp³-hybridized carbons (Fsp3) is 0.167. The molecule has 2 unspecified atom stereocenters. The summed E-state index contributed by atoms with van der Waals surface area (Å²) in [6, 6.07) is 85.6. The molecule has 18 heteroatoms. The number of phenols is 2. The Bertz CT molecular complexity index is 7850. The molecule has 12 aromatic carbocycles. The van der Waals surface area contributed by atoms with E-state index in [2.05, 4.69) is 179 Å². The number of nitrogens with zero attached hydrogens (tertiary/aromatic N) is 2. The molecule has 3 heterocycles. The first kappa shape index (κ1) is 96.1. The largest absolute Gasteiger partial charge is 0.805 e. The molecule has 0 bridgehead atoms. The van der Waals surface area contributed by atoms with Gasteiger partial charge in [0, 0.05) is 83.0 Å². The summed E-state index contributed by atoms with van der Waals surface area (Å²) in [5, 5.41) is 42.0. The minimum absolute atomic E-state index is 0.00489. The number of para-hydroxylation sites is 1. The third kappa shape index (κ3) is 19.3. The Morgan fingerprint density at radius 2 is 0.910 bits per heavy atom. The van der Waals surface area contributed by atoms with E-state index in [4.69, 9.17) is 22.6 Å². The highest BCUT2D eigenvalue weighted by Gasteiger charge is 2.45. The van der Waals surface area contributed by atoms with Crippen molar-refractivity contribution >= 4 is 87.1 Å². The van der Waals surface area contributed by atoms with Crippen LogP contribution in [0.25, 0.3) is 61.3 Å². The average Bonchev–Trinajstić information content (AvgIpc) is 0.725. The Morgan fingerprint density at radius 3 is 1.38 bits per heavy atom. The number of rotatable bonds is 15. The van der Waals surface area contributed by atoms with Crippen LogP contribution in [0.3, 0.4) is 0 Å². The van der Waals surface area contributed by atoms with Crippen LogP contribution in [-0.4, -0.2) is 70.1 Å². The number of hydrogen-bond donors (Lipinski definition) is 4. The number of aromatic hydroxyl groups is 2. The number of carbonyl (C=O) groups is 3. The summed E-state index contributed by atoms with van der Waals surface area (Å²) in [6.07, 6.45) is 21.7. The molecule has 144 heavy (non-hydrogen) atoms. The van der Waals surface area contributed by atoms with Gasteiger partial charge in [0.15, 0.2) is 28.8 Å². The fourth-order valence-electron chi connectivity index (χ4n) is 20.7. The van der Waals surface area contributed by atoms with Gasteiger partial charge in [0.2, 0.25) is 16.6 Å². The lowest BCUT2D eigenvalue weighted by Crippen LogP contribution is -2.37. The molecule has 8 aliphatic rings. The normalized spacial score (nSPS) is 15.6. The number of ketones is 3. The number of hydrogen-bond acceptors (Lipinski definition) is 17. The zero-order valence-corrected chi connectivity index (χ0v) is 82.7. The van der Waals surface area contributed by atoms with Gasteiger partial charge in [0.05, 0.1) is 46.8 Å². The van der Waals surface area contributed by atoms with Gasteiger partial charge in [-0.25, -0.2) is 9.05 Å². The number of aryl methyl sites for hydroxylation is 6. The van der Waals surface area contributed by atoms with Crippen molar-refractivity contribution in [3.8, 4) is 28.4 Å². The van der Waals surface area contributed by atoms with Crippen molar-refractivity contribution in [3.63, 3.8) is 0 Å². The quantitative estimate of drug-likeness (QED) is 0.0423. The van der Waals surface area contributed by atoms with Crippen LogP contribution in [0.15, 0.2) is 380 Å². The smallest absolute Gasteiger partial charge is 0.508 e. The average molecular weight is 1920 g/mol. The molecular formula is C126H108N2O15P+. The molecule has 22 rings (SSSR count). The maximum atomic E-state index is 14.0. The van der Waals surface area contributed by atoms with Gasteiger partial charge < -0.3 is 43.8 Å². The monoisotopic (exact) mass is 1920 g/mol. The van der Waals surface area contributed by atoms with Crippen molar-refractivity contribution in [2.24, 2.45) is 0 Å². The van der Waals surface area contributed by atoms with Crippen LogP contribution in [-0.2, 0) is 47.5 Å². The molecule has 2 aromatic heterocycles. The molecule has 716 valence electrons. The molecule has 7 aliphatic carbocycles. The number of ether oxygens (including phenoxy) is 1. The fourth-order valence-corrected chi connectivity index (χ4v) is 21.3. The van der Waals surface area contributed by atoms with Crippen LogP contribution in [0.1, 0.15) is 180 Å². The van der Waals surface area contributed by atoms with E-state index in [9.17, 15) is 49.0 Å². The van der Waals surface area contributed by atoms with Gasteiger partial charge >= 0.3 is 8.25 Å². The van der Waals surface area contributed by atoms with Gasteiger partial charge in [-0.1, -0.05) is 276 Å². The Morgan fingerprint density at radius 1 is 0.451 bits per heavy atom. The molecule has 14 aromatic rings. The molecule has 2 atom stereocenters. The first-order chi connectivity index (χ1) is 69.8. The van der Waals surface area contributed by atoms with Crippen LogP contribution in [0.2, 0.25) is 0 Å². The van der Waals surface area contributed by atoms with Gasteiger partial charge in [-0.3, -0.25) is 24.0 Å². The van der Waals surface area contributed by atoms with Crippen molar-refractivity contribution in [1.82, 2.24) is 0 Å². The van der Waals surface area contributed by atoms with E-state index in [0.717, 1.165) is 152 Å². The maximum absolute atomic E-state index is 14.0. The highest BCUT2D eigenvalue weighted by atomic mass is 31.1. The summed E-state index contributed by atoms with van der Waals surface area (Å²) in [4.78, 5) is 72.3. The molecule has 17 nitrogen and oxygen atoms in total. The number of phenolic OH excluding ortho intramolecular Hbond substituents is 2. The third-order valence-corrected chi connectivity index (χ3v) is 28.5. The summed E-state index contributed by atoms with van der Waals surface area (Å²) in [6.45, 7) is 25.0. The highest BCUT2D eigenvalue weighted by molar-refractivity contribution is 7.34. The SMILES string of the molecule is CCN(CC)c1ccc(C(=C2C=CC(O[P+](=O)Oc3ccccc3)=CC2)c2ccc(N(CC)CC)cc2)cc1.Cc1ccc2c(c1)Cc1cc(C)ccc1C2=C1C(=O)C=C(O)c2c1occ(-c1ccccc1)c2=O.Cc1ccc2c(c1)Cc1cc(C)ccc1C2=C1C(=O)CC2OC=C(c3ccccc3)C(O)=C2C1=O.Cc1ccc2c(c1)Cc1cc(C)ccc1C2=C1C=CC(c2coc3cc(O)cc(O)c3c2=O)C=C1. The highest BCUT2D eigenvalue weighted by Crippen LogP contribution is 2.49. The summed E-state index contributed by atoms with van der Waals surface area (Å²) in [5.41, 5.74) is 33.8. The van der Waals surface area contributed by atoms with Crippen LogP contribution in [0.5, 0.6) is 17.2 Å². The molecule has 1 fully saturated rings. The molecular weight excluding hydrogens is 1810 g/mol. The summed E-state index contributed by atoms with van der Waals surface area (Å²) in [5.74, 6) is -1.16. The minimum atomic E-state index is -2.32. The predicted octanol–water partition coefficient (Wildman–Crippen LogP) is 27.3. The Kier molecular flexibility index (Phi) is 27.5. The van der Waals surface area contributed by atoms with E-state index >= 15 is 0 Å². The van der Waals surface area contributed by atoms with Crippen LogP contribution in [0, 0.1) is 41.5 Å². The standard InChI is InChI=1S/C33H38N2O3P.2C31H24O4.C31H22O4/c1-5-34(6-2)29-20-14-26(15-21-29)33(27-16-22-30(23-17-27)35(7-3)8-4)28-18-24-32(25-19-28)38-39(36)37-31-12-10-9-11-13-31;1-17-3-9-24-21(11-17)13-22-12-18(2)4-10-25(22)29(24)20-7-5-19(6-8-20)26-16-35-28-15-23(32)14-27(33)30(28)31(26)34;1-17-8-10-22-20(12-17)14-21-13-18(2)9-11-23(21)27(22)28-25(32)15-26-29(31(28)34)30(33)24(16-35-26)19-6-4-3-5-7-19;1-17-8-10-22-20(12-17)14-21-13-18(2)9-11-23(21)27(22)28-25(32)15-26(33)29-30(34)24(16-35-31(28)29)19-6-4-3-5-7-19/h9-18,20-25H,5-8,19H2,1-4H3;3-12,14-16,19,32-33H,13H2,1-2H3;3-13,16,26,33H,14-15H2,1-2H3;3-13,15-16,33H,14H2,1-2H3/q+1;;;. The Balaban J connectivity index is 0.000000122. The zero-order chi connectivity index (χ0) is 100. The van der Waals surface area contributed by atoms with Gasteiger partial charge in [-0.15, -0.1) is 0 Å². The van der Waals surface area contributed by atoms with E-state index in [0.29, 0.717) is 51.3 Å². The molecule has 0 spiro atoms. The first-order valence-corrected chi connectivity index (χ1v) is 49.8.